The summed E-state index contributed by atoms with van der Waals surface area (Å²) in [6.45, 7) is 4.87. The number of rotatable bonds is 4. The standard InChI is InChI=1S/C13H19N3O4/c1-2-5-14(9-12(18)19)13(20)15-6-7-16-10(8-15)3-4-11(16)17/h2,10H,1,3-9H2,(H,18,19). The summed E-state index contributed by atoms with van der Waals surface area (Å²) >= 11 is 0. The van der Waals surface area contributed by atoms with Crippen LogP contribution in [0, 0.1) is 0 Å². The number of carboxylic acid groups (broad SMARTS) is 1. The monoisotopic (exact) mass is 281 g/mol. The topological polar surface area (TPSA) is 81.2 Å². The van der Waals surface area contributed by atoms with Crippen molar-refractivity contribution < 1.29 is 19.5 Å². The fourth-order valence-corrected chi connectivity index (χ4v) is 2.77. The van der Waals surface area contributed by atoms with E-state index in [1.807, 2.05) is 4.90 Å². The molecule has 2 fully saturated rings. The van der Waals surface area contributed by atoms with Gasteiger partial charge < -0.3 is 19.8 Å². The van der Waals surface area contributed by atoms with Crippen molar-refractivity contribution in [2.45, 2.75) is 18.9 Å². The van der Waals surface area contributed by atoms with E-state index in [4.69, 9.17) is 5.11 Å². The molecular weight excluding hydrogens is 262 g/mol. The van der Waals surface area contributed by atoms with Crippen LogP contribution in [0.2, 0.25) is 0 Å². The highest BCUT2D eigenvalue weighted by atomic mass is 16.4. The van der Waals surface area contributed by atoms with E-state index in [-0.39, 0.29) is 31.1 Å². The average molecular weight is 281 g/mol. The van der Waals surface area contributed by atoms with E-state index < -0.39 is 5.97 Å². The quantitative estimate of drug-likeness (QED) is 0.735. The lowest BCUT2D eigenvalue weighted by atomic mass is 10.1. The molecule has 7 heteroatoms. The Bertz CT molecular complexity index is 437. The van der Waals surface area contributed by atoms with Gasteiger partial charge in [-0.05, 0) is 6.42 Å². The van der Waals surface area contributed by atoms with Crippen LogP contribution < -0.4 is 0 Å². The molecule has 1 atom stereocenters. The third kappa shape index (κ3) is 2.92. The Kier molecular flexibility index (Phi) is 4.26. The summed E-state index contributed by atoms with van der Waals surface area (Å²) in [5.74, 6) is -0.898. The molecule has 110 valence electrons. The fraction of sp³-hybridized carbons (Fsp3) is 0.615. The molecule has 0 aromatic heterocycles. The normalized spacial score (nSPS) is 21.6. The van der Waals surface area contributed by atoms with Crippen molar-refractivity contribution in [2.24, 2.45) is 0 Å². The molecule has 7 nitrogen and oxygen atoms in total. The van der Waals surface area contributed by atoms with Crippen molar-refractivity contribution >= 4 is 17.9 Å². The zero-order valence-corrected chi connectivity index (χ0v) is 11.3. The number of carboxylic acids is 1. The lowest BCUT2D eigenvalue weighted by molar-refractivity contribution is -0.137. The Balaban J connectivity index is 1.99. The predicted octanol–water partition coefficient (Wildman–Crippen LogP) is -0.0144. The van der Waals surface area contributed by atoms with Crippen molar-refractivity contribution in [3.8, 4) is 0 Å². The van der Waals surface area contributed by atoms with Crippen LogP contribution >= 0.6 is 0 Å². The van der Waals surface area contributed by atoms with Crippen LogP contribution in [0.4, 0.5) is 4.79 Å². The zero-order valence-electron chi connectivity index (χ0n) is 11.3. The summed E-state index contributed by atoms with van der Waals surface area (Å²) in [6.07, 6.45) is 2.82. The number of carbonyl (C=O) groups is 3. The summed E-state index contributed by atoms with van der Waals surface area (Å²) in [6, 6.07) is -0.220. The predicted molar refractivity (Wildman–Crippen MR) is 71.1 cm³/mol. The molecule has 0 bridgehead atoms. The van der Waals surface area contributed by atoms with E-state index in [1.165, 1.54) is 11.0 Å². The van der Waals surface area contributed by atoms with Gasteiger partial charge in [0.2, 0.25) is 5.91 Å². The fourth-order valence-electron chi connectivity index (χ4n) is 2.77. The molecule has 2 aliphatic heterocycles. The molecule has 3 amide bonds. The maximum absolute atomic E-state index is 12.3. The van der Waals surface area contributed by atoms with Crippen molar-refractivity contribution in [1.82, 2.24) is 14.7 Å². The Morgan fingerprint density at radius 2 is 2.20 bits per heavy atom. The average Bonchev–Trinajstić information content (AvgIpc) is 2.78. The van der Waals surface area contributed by atoms with Gasteiger partial charge in [0.25, 0.3) is 0 Å². The number of fused-ring (bicyclic) bond motifs is 1. The molecule has 0 saturated carbocycles. The summed E-state index contributed by atoms with van der Waals surface area (Å²) in [4.78, 5) is 39.4. The molecule has 1 N–H and O–H groups in total. The molecule has 2 heterocycles. The van der Waals surface area contributed by atoms with Crippen LogP contribution in [-0.2, 0) is 9.59 Å². The molecule has 20 heavy (non-hydrogen) atoms. The highest BCUT2D eigenvalue weighted by molar-refractivity contribution is 5.82. The van der Waals surface area contributed by atoms with Gasteiger partial charge in [0.15, 0.2) is 0 Å². The lowest BCUT2D eigenvalue weighted by Gasteiger charge is -2.39. The molecule has 0 radical (unpaired) electrons. The highest BCUT2D eigenvalue weighted by Crippen LogP contribution is 2.23. The molecular formula is C13H19N3O4. The smallest absolute Gasteiger partial charge is 0.323 e. The number of amides is 3. The number of piperazine rings is 1. The second kappa shape index (κ2) is 5.94. The van der Waals surface area contributed by atoms with Gasteiger partial charge in [-0.3, -0.25) is 9.59 Å². The Morgan fingerprint density at radius 1 is 1.45 bits per heavy atom. The SMILES string of the molecule is C=CCN(CC(=O)O)C(=O)N1CCN2C(=O)CCC2C1. The second-order valence-electron chi connectivity index (χ2n) is 5.07. The number of carbonyl (C=O) groups excluding carboxylic acids is 2. The molecule has 2 saturated heterocycles. The van der Waals surface area contributed by atoms with Gasteiger partial charge >= 0.3 is 12.0 Å². The Labute approximate surface area is 117 Å². The first-order chi connectivity index (χ1) is 9.52. The van der Waals surface area contributed by atoms with Crippen LogP contribution in [-0.4, -0.2) is 76.5 Å². The van der Waals surface area contributed by atoms with E-state index in [1.54, 1.807) is 4.90 Å². The van der Waals surface area contributed by atoms with Crippen LogP contribution in [0.15, 0.2) is 12.7 Å². The van der Waals surface area contributed by atoms with Crippen molar-refractivity contribution in [3.63, 3.8) is 0 Å². The van der Waals surface area contributed by atoms with Gasteiger partial charge in [-0.2, -0.15) is 0 Å². The number of hydrogen-bond acceptors (Lipinski definition) is 3. The molecule has 2 aliphatic rings. The third-order valence-corrected chi connectivity index (χ3v) is 3.71. The van der Waals surface area contributed by atoms with Gasteiger partial charge in [0.1, 0.15) is 6.54 Å². The molecule has 0 aromatic carbocycles. The second-order valence-corrected chi connectivity index (χ2v) is 5.07. The van der Waals surface area contributed by atoms with Crippen molar-refractivity contribution in [1.29, 1.82) is 0 Å². The van der Waals surface area contributed by atoms with Crippen molar-refractivity contribution in [2.75, 3.05) is 32.7 Å². The zero-order chi connectivity index (χ0) is 14.7. The van der Waals surface area contributed by atoms with Crippen LogP contribution in [0.1, 0.15) is 12.8 Å². The summed E-state index contributed by atoms with van der Waals surface area (Å²) in [5, 5.41) is 8.84. The van der Waals surface area contributed by atoms with Crippen LogP contribution in [0.5, 0.6) is 0 Å². The first-order valence-corrected chi connectivity index (χ1v) is 6.69. The molecule has 0 aliphatic carbocycles. The minimum Gasteiger partial charge on any atom is -0.480 e. The highest BCUT2D eigenvalue weighted by Gasteiger charge is 2.37. The van der Waals surface area contributed by atoms with Gasteiger partial charge in [-0.25, -0.2) is 4.79 Å². The number of nitrogens with zero attached hydrogens (tertiary/aromatic N) is 3. The van der Waals surface area contributed by atoms with Gasteiger partial charge in [-0.1, -0.05) is 6.08 Å². The summed E-state index contributed by atoms with van der Waals surface area (Å²) in [5.41, 5.74) is 0. The molecule has 2 rings (SSSR count). The maximum Gasteiger partial charge on any atom is 0.323 e. The van der Waals surface area contributed by atoms with E-state index in [0.717, 1.165) is 6.42 Å². The summed E-state index contributed by atoms with van der Waals surface area (Å²) < 4.78 is 0. The maximum atomic E-state index is 12.3. The number of urea groups is 1. The van der Waals surface area contributed by atoms with Gasteiger partial charge in [0.05, 0.1) is 0 Å². The van der Waals surface area contributed by atoms with E-state index >= 15 is 0 Å². The first kappa shape index (κ1) is 14.4. The van der Waals surface area contributed by atoms with Crippen molar-refractivity contribution in [3.05, 3.63) is 12.7 Å². The number of hydrogen-bond donors (Lipinski definition) is 1. The minimum absolute atomic E-state index is 0.0793. The number of aliphatic carboxylic acids is 1. The molecule has 1 unspecified atom stereocenters. The lowest BCUT2D eigenvalue weighted by Crippen LogP contribution is -2.56. The molecule has 0 spiro atoms. The van der Waals surface area contributed by atoms with E-state index in [2.05, 4.69) is 6.58 Å². The van der Waals surface area contributed by atoms with Crippen LogP contribution in [0.25, 0.3) is 0 Å². The Hall–Kier alpha value is -2.05. The van der Waals surface area contributed by atoms with Crippen LogP contribution in [0.3, 0.4) is 0 Å². The van der Waals surface area contributed by atoms with Gasteiger partial charge in [-0.15, -0.1) is 6.58 Å². The summed E-state index contributed by atoms with van der Waals surface area (Å²) in [7, 11) is 0. The first-order valence-electron chi connectivity index (χ1n) is 6.69. The largest absolute Gasteiger partial charge is 0.480 e. The molecule has 0 aromatic rings. The van der Waals surface area contributed by atoms with E-state index in [9.17, 15) is 14.4 Å². The third-order valence-electron chi connectivity index (χ3n) is 3.71. The van der Waals surface area contributed by atoms with Gasteiger partial charge in [0, 0.05) is 38.6 Å². The van der Waals surface area contributed by atoms with E-state index in [0.29, 0.717) is 26.1 Å². The Morgan fingerprint density at radius 3 is 2.85 bits per heavy atom. The minimum atomic E-state index is -1.05.